The molecule has 0 fully saturated rings. The normalized spacial score (nSPS) is 16.2. The molecule has 14 heteroatoms. The van der Waals surface area contributed by atoms with Crippen molar-refractivity contribution in [3.8, 4) is 5.75 Å². The molecular weight excluding hydrogens is 494 g/mol. The van der Waals surface area contributed by atoms with Crippen LogP contribution < -0.4 is 15.4 Å². The number of hydrogen-bond donors (Lipinski definition) is 2. The molecule has 2 aromatic rings. The number of rotatable bonds is 8. The lowest BCUT2D eigenvalue weighted by Gasteiger charge is -2.13. The number of oxime groups is 1. The van der Waals surface area contributed by atoms with E-state index in [1.54, 1.807) is 0 Å². The van der Waals surface area contributed by atoms with Gasteiger partial charge in [0.05, 0.1) is 17.1 Å². The summed E-state index contributed by atoms with van der Waals surface area (Å²) >= 11 is 5.82. The van der Waals surface area contributed by atoms with Crippen LogP contribution in [-0.4, -0.2) is 35.5 Å². The van der Waals surface area contributed by atoms with E-state index in [2.05, 4.69) is 25.5 Å². The van der Waals surface area contributed by atoms with Gasteiger partial charge in [-0.2, -0.15) is 13.2 Å². The van der Waals surface area contributed by atoms with Crippen LogP contribution in [0.15, 0.2) is 54.0 Å². The monoisotopic (exact) mass is 508 g/mol. The second-order valence-corrected chi connectivity index (χ2v) is 7.22. The van der Waals surface area contributed by atoms with Gasteiger partial charge in [0.1, 0.15) is 17.3 Å². The minimum atomic E-state index is -4.79. The quantitative estimate of drug-likeness (QED) is 0.367. The van der Waals surface area contributed by atoms with E-state index in [0.29, 0.717) is 11.9 Å². The first kappa shape index (κ1) is 25.1. The zero-order valence-corrected chi connectivity index (χ0v) is 17.6. The molecule has 2 N–H and O–H groups in total. The number of ether oxygens (including phenoxy) is 1. The predicted octanol–water partition coefficient (Wildman–Crippen LogP) is 5.40. The summed E-state index contributed by atoms with van der Waals surface area (Å²) in [4.78, 5) is 21.0. The smallest absolute Gasteiger partial charge is 0.406 e. The van der Waals surface area contributed by atoms with Gasteiger partial charge in [-0.05, 0) is 30.3 Å². The van der Waals surface area contributed by atoms with E-state index in [1.165, 1.54) is 18.3 Å². The number of alkyl halides is 6. The lowest BCUT2D eigenvalue weighted by molar-refractivity contribution is -0.274. The largest absolute Gasteiger partial charge is 0.573 e. The van der Waals surface area contributed by atoms with E-state index >= 15 is 0 Å². The molecule has 7 nitrogen and oxygen atoms in total. The molecule has 0 saturated carbocycles. The highest BCUT2D eigenvalue weighted by Crippen LogP contribution is 2.32. The fraction of sp³-hybridized carbons (Fsp3) is 0.250. The van der Waals surface area contributed by atoms with Gasteiger partial charge in [0.2, 0.25) is 5.78 Å². The highest BCUT2D eigenvalue weighted by atomic mass is 35.5. The van der Waals surface area contributed by atoms with Crippen molar-refractivity contribution in [2.45, 2.75) is 25.1 Å². The molecule has 1 aliphatic heterocycles. The van der Waals surface area contributed by atoms with E-state index in [1.807, 2.05) is 0 Å². The number of pyridine rings is 1. The summed E-state index contributed by atoms with van der Waals surface area (Å²) in [6.45, 7) is 0.0761. The highest BCUT2D eigenvalue weighted by Gasteiger charge is 2.32. The molecule has 1 aliphatic rings. The summed E-state index contributed by atoms with van der Waals surface area (Å²) in [6, 6.07) is 5.61. The van der Waals surface area contributed by atoms with Crippen LogP contribution in [-0.2, 0) is 15.8 Å². The van der Waals surface area contributed by atoms with E-state index in [0.717, 1.165) is 24.3 Å². The van der Waals surface area contributed by atoms with Crippen LogP contribution >= 0.6 is 11.6 Å². The molecule has 3 rings (SSSR count). The molecule has 1 unspecified atom stereocenters. The number of ketones is 1. The molecule has 1 aromatic heterocycles. The Morgan fingerprint density at radius 3 is 2.53 bits per heavy atom. The van der Waals surface area contributed by atoms with Gasteiger partial charge in [0.25, 0.3) is 0 Å². The number of aromatic nitrogens is 1. The number of halogens is 7. The Kier molecular flexibility index (Phi) is 7.54. The van der Waals surface area contributed by atoms with Crippen molar-refractivity contribution in [1.82, 2.24) is 4.98 Å². The molecule has 34 heavy (non-hydrogen) atoms. The Morgan fingerprint density at radius 1 is 1.21 bits per heavy atom. The molecule has 1 atom stereocenters. The van der Waals surface area contributed by atoms with E-state index in [9.17, 15) is 31.1 Å². The fourth-order valence-corrected chi connectivity index (χ4v) is 2.91. The lowest BCUT2D eigenvalue weighted by Crippen LogP contribution is -2.22. The van der Waals surface area contributed by atoms with Crippen LogP contribution in [0.25, 0.3) is 0 Å². The second kappa shape index (κ2) is 10.2. The Labute approximate surface area is 193 Å². The van der Waals surface area contributed by atoms with E-state index < -0.39 is 30.0 Å². The third-order valence-corrected chi connectivity index (χ3v) is 4.54. The van der Waals surface area contributed by atoms with Crippen LogP contribution in [0.5, 0.6) is 5.75 Å². The van der Waals surface area contributed by atoms with Gasteiger partial charge in [0.15, 0.2) is 6.10 Å². The average molecular weight is 509 g/mol. The molecule has 0 spiro atoms. The van der Waals surface area contributed by atoms with Crippen molar-refractivity contribution in [1.29, 1.82) is 0 Å². The van der Waals surface area contributed by atoms with Crippen LogP contribution in [0.4, 0.5) is 37.8 Å². The zero-order valence-electron chi connectivity index (χ0n) is 16.9. The maximum Gasteiger partial charge on any atom is 0.573 e. The molecule has 1 aromatic carbocycles. The van der Waals surface area contributed by atoms with Gasteiger partial charge in [-0.1, -0.05) is 16.8 Å². The second-order valence-electron chi connectivity index (χ2n) is 6.82. The van der Waals surface area contributed by atoms with Crippen LogP contribution in [0.2, 0.25) is 5.02 Å². The number of nitrogens with zero attached hydrogens (tertiary/aromatic N) is 2. The Bertz CT molecular complexity index is 1090. The van der Waals surface area contributed by atoms with Crippen molar-refractivity contribution in [3.05, 3.63) is 59.4 Å². The van der Waals surface area contributed by atoms with Gasteiger partial charge in [-0.25, -0.2) is 4.98 Å². The SMILES string of the molecule is O=C(/C=C/Nc1ccc(OC(F)(F)F)cc1)C1=NOC(CNc2ncc(C(F)(F)F)cc2Cl)C1. The number of benzene rings is 1. The maximum atomic E-state index is 12.7. The number of nitrogens with one attached hydrogen (secondary N) is 2. The van der Waals surface area contributed by atoms with Crippen molar-refractivity contribution >= 4 is 34.6 Å². The third-order valence-electron chi connectivity index (χ3n) is 4.26. The molecule has 0 saturated heterocycles. The van der Waals surface area contributed by atoms with E-state index in [4.69, 9.17) is 16.4 Å². The maximum absolute atomic E-state index is 12.7. The molecule has 182 valence electrons. The average Bonchev–Trinajstić information content (AvgIpc) is 3.21. The first-order valence-corrected chi connectivity index (χ1v) is 9.81. The third kappa shape index (κ3) is 7.27. The molecule has 0 radical (unpaired) electrons. The first-order valence-electron chi connectivity index (χ1n) is 9.43. The molecule has 2 heterocycles. The first-order chi connectivity index (χ1) is 15.9. The number of allylic oxidation sites excluding steroid dienone is 1. The van der Waals surface area contributed by atoms with Crippen LogP contribution in [0.1, 0.15) is 12.0 Å². The Morgan fingerprint density at radius 2 is 1.91 bits per heavy atom. The fourth-order valence-electron chi connectivity index (χ4n) is 2.68. The van der Waals surface area contributed by atoms with Gasteiger partial charge in [-0.15, -0.1) is 13.2 Å². The number of carbonyl (C=O) groups is 1. The topological polar surface area (TPSA) is 84.8 Å². The number of hydrogen-bond acceptors (Lipinski definition) is 7. The van der Waals surface area contributed by atoms with Crippen molar-refractivity contribution in [3.63, 3.8) is 0 Å². The van der Waals surface area contributed by atoms with Crippen LogP contribution in [0, 0.1) is 0 Å². The van der Waals surface area contributed by atoms with Gasteiger partial charge < -0.3 is 20.2 Å². The summed E-state index contributed by atoms with van der Waals surface area (Å²) in [6.07, 6.45) is -6.74. The summed E-state index contributed by atoms with van der Waals surface area (Å²) in [5.41, 5.74) is -0.473. The number of carbonyl (C=O) groups excluding carboxylic acids is 1. The molecule has 0 amide bonds. The summed E-state index contributed by atoms with van der Waals surface area (Å²) in [7, 11) is 0. The Hall–Kier alpha value is -3.48. The summed E-state index contributed by atoms with van der Waals surface area (Å²) in [5.74, 6) is -0.838. The summed E-state index contributed by atoms with van der Waals surface area (Å²) < 4.78 is 78.2. The van der Waals surface area contributed by atoms with Gasteiger partial charge in [0, 0.05) is 30.6 Å². The van der Waals surface area contributed by atoms with E-state index in [-0.39, 0.29) is 35.3 Å². The predicted molar refractivity (Wildman–Crippen MR) is 111 cm³/mol. The van der Waals surface area contributed by atoms with Gasteiger partial charge in [-0.3, -0.25) is 4.79 Å². The highest BCUT2D eigenvalue weighted by molar-refractivity contribution is 6.44. The minimum absolute atomic E-state index is 0.0220. The molecule has 0 aliphatic carbocycles. The number of anilines is 2. The van der Waals surface area contributed by atoms with Crippen LogP contribution in [0.3, 0.4) is 0 Å². The van der Waals surface area contributed by atoms with Gasteiger partial charge >= 0.3 is 12.5 Å². The lowest BCUT2D eigenvalue weighted by atomic mass is 10.1. The Balaban J connectivity index is 1.45. The minimum Gasteiger partial charge on any atom is -0.406 e. The zero-order chi connectivity index (χ0) is 24.9. The summed E-state index contributed by atoms with van der Waals surface area (Å²) in [5, 5.41) is 8.93. The standard InChI is InChI=1S/C20H15ClF6N4O3/c21-15-7-11(19(22,23)24)9-29-18(15)30-10-14-8-16(31-34-14)17(32)5-6-28-12-1-3-13(4-2-12)33-20(25,26)27/h1-7,9,14,28H,8,10H2,(H,29,30)/b6-5+. The molecular formula is C20H15ClF6N4O3. The van der Waals surface area contributed by atoms with Crippen molar-refractivity contribution < 1.29 is 40.7 Å². The van der Waals surface area contributed by atoms with Crippen molar-refractivity contribution in [2.75, 3.05) is 17.2 Å². The van der Waals surface area contributed by atoms with Crippen molar-refractivity contribution in [2.24, 2.45) is 5.16 Å². The molecule has 0 bridgehead atoms.